The van der Waals surface area contributed by atoms with E-state index < -0.39 is 0 Å². The molecule has 9 heavy (non-hydrogen) atoms. The van der Waals surface area contributed by atoms with Crippen LogP contribution in [-0.2, 0) is 4.84 Å². The molecular weight excluding hydrogens is 118 g/mol. The molecule has 0 aliphatic carbocycles. The van der Waals surface area contributed by atoms with Gasteiger partial charge in [0.2, 0.25) is 0 Å². The second kappa shape index (κ2) is 2.48. The molecule has 0 aromatic carbocycles. The van der Waals surface area contributed by atoms with E-state index in [9.17, 15) is 0 Å². The first-order chi connectivity index (χ1) is 4.33. The zero-order valence-electron chi connectivity index (χ0n) is 5.53. The fourth-order valence-corrected chi connectivity index (χ4v) is 0.651. The van der Waals surface area contributed by atoms with Crippen LogP contribution in [0.3, 0.4) is 0 Å². The Labute approximate surface area is 53.8 Å². The maximum atomic E-state index is 4.54. The number of oxime groups is 1. The van der Waals surface area contributed by atoms with Crippen LogP contribution in [0.15, 0.2) is 10.3 Å². The molecule has 0 aromatic rings. The predicted molar refractivity (Wildman–Crippen MR) is 35.6 cm³/mol. The lowest BCUT2D eigenvalue weighted by Crippen LogP contribution is -2.12. The zero-order valence-corrected chi connectivity index (χ0v) is 5.53. The van der Waals surface area contributed by atoms with Crippen LogP contribution >= 0.6 is 0 Å². The van der Waals surface area contributed by atoms with E-state index in [1.54, 1.807) is 11.2 Å². The molecule has 0 saturated heterocycles. The first-order valence-corrected chi connectivity index (χ1v) is 2.68. The highest BCUT2D eigenvalue weighted by Crippen LogP contribution is 1.92. The van der Waals surface area contributed by atoms with Gasteiger partial charge in [-0.15, -0.1) is 0 Å². The van der Waals surface area contributed by atoms with Gasteiger partial charge in [-0.3, -0.25) is 5.01 Å². The molecule has 4 heteroatoms. The molecule has 0 amide bonds. The van der Waals surface area contributed by atoms with Gasteiger partial charge >= 0.3 is 0 Å². The normalized spacial score (nSPS) is 21.6. The highest BCUT2D eigenvalue weighted by molar-refractivity contribution is 6.32. The molecule has 0 fully saturated rings. The van der Waals surface area contributed by atoms with Gasteiger partial charge in [-0.2, -0.15) is 5.10 Å². The van der Waals surface area contributed by atoms with Crippen molar-refractivity contribution in [2.45, 2.75) is 0 Å². The molecule has 50 valence electrons. The van der Waals surface area contributed by atoms with Crippen LogP contribution in [0.5, 0.6) is 0 Å². The topological polar surface area (TPSA) is 37.2 Å². The first kappa shape index (κ1) is 6.07. The summed E-state index contributed by atoms with van der Waals surface area (Å²) in [4.78, 5) is 4.54. The Morgan fingerprint density at radius 2 is 2.67 bits per heavy atom. The molecular formula is C5H9N3O. The van der Waals surface area contributed by atoms with Gasteiger partial charge in [0.1, 0.15) is 12.8 Å². The van der Waals surface area contributed by atoms with E-state index in [-0.39, 0.29) is 0 Å². The quantitative estimate of drug-likeness (QED) is 0.462. The molecule has 0 radical (unpaired) electrons. The van der Waals surface area contributed by atoms with Crippen molar-refractivity contribution in [1.29, 1.82) is 0 Å². The molecule has 1 aliphatic rings. The second-order valence-electron chi connectivity index (χ2n) is 1.83. The van der Waals surface area contributed by atoms with Gasteiger partial charge in [0, 0.05) is 7.05 Å². The van der Waals surface area contributed by atoms with Crippen molar-refractivity contribution in [3.63, 3.8) is 0 Å². The van der Waals surface area contributed by atoms with Crippen LogP contribution in [0.1, 0.15) is 0 Å². The summed E-state index contributed by atoms with van der Waals surface area (Å²) in [6, 6.07) is 0. The maximum Gasteiger partial charge on any atom is 0.121 e. The summed E-state index contributed by atoms with van der Waals surface area (Å²) in [5, 5.41) is 9.42. The predicted octanol–water partition coefficient (Wildman–Crippen LogP) is -0.0800. The van der Waals surface area contributed by atoms with Crippen LogP contribution in [0.2, 0.25) is 0 Å². The van der Waals surface area contributed by atoms with Gasteiger partial charge < -0.3 is 4.84 Å². The molecule has 0 saturated carbocycles. The van der Waals surface area contributed by atoms with Gasteiger partial charge in [-0.1, -0.05) is 5.16 Å². The monoisotopic (exact) mass is 127 g/mol. The highest BCUT2D eigenvalue weighted by atomic mass is 16.6. The number of hydrogen-bond acceptors (Lipinski definition) is 4. The summed E-state index contributed by atoms with van der Waals surface area (Å²) in [6.45, 7) is 0.744. The Morgan fingerprint density at radius 3 is 3.11 bits per heavy atom. The van der Waals surface area contributed by atoms with Crippen molar-refractivity contribution < 1.29 is 4.84 Å². The van der Waals surface area contributed by atoms with Crippen LogP contribution in [-0.4, -0.2) is 37.6 Å². The molecule has 4 nitrogen and oxygen atoms in total. The van der Waals surface area contributed by atoms with E-state index in [1.807, 2.05) is 7.05 Å². The third-order valence-electron chi connectivity index (χ3n) is 1.00. The van der Waals surface area contributed by atoms with Crippen molar-refractivity contribution in [2.75, 3.05) is 20.7 Å². The molecule has 1 rings (SSSR count). The van der Waals surface area contributed by atoms with Crippen molar-refractivity contribution in [2.24, 2.45) is 10.3 Å². The van der Waals surface area contributed by atoms with E-state index >= 15 is 0 Å². The van der Waals surface area contributed by atoms with Gasteiger partial charge in [0.25, 0.3) is 0 Å². The molecule has 0 spiro atoms. The van der Waals surface area contributed by atoms with Gasteiger partial charge in [0.05, 0.1) is 12.8 Å². The maximum absolute atomic E-state index is 4.54. The largest absolute Gasteiger partial charge is 0.399 e. The molecule has 1 heterocycles. The fourth-order valence-electron chi connectivity index (χ4n) is 0.651. The van der Waals surface area contributed by atoms with Crippen LogP contribution in [0.25, 0.3) is 0 Å². The fraction of sp³-hybridized carbons (Fsp3) is 0.600. The van der Waals surface area contributed by atoms with E-state index in [2.05, 4.69) is 15.1 Å². The third-order valence-corrected chi connectivity index (χ3v) is 1.00. The lowest BCUT2D eigenvalue weighted by molar-refractivity contribution is 0.213. The minimum Gasteiger partial charge on any atom is -0.399 e. The Morgan fingerprint density at radius 1 is 1.89 bits per heavy atom. The Bertz CT molecular complexity index is 152. The van der Waals surface area contributed by atoms with Crippen LogP contribution in [0, 0.1) is 0 Å². The molecule has 1 aliphatic heterocycles. The summed E-state index contributed by atoms with van der Waals surface area (Å²) >= 11 is 0. The summed E-state index contributed by atoms with van der Waals surface area (Å²) in [5.41, 5.74) is 0.861. The van der Waals surface area contributed by atoms with Crippen LogP contribution < -0.4 is 0 Å². The average Bonchev–Trinajstić information content (AvgIpc) is 2.17. The van der Waals surface area contributed by atoms with Crippen molar-refractivity contribution in [3.8, 4) is 0 Å². The Kier molecular flexibility index (Phi) is 1.67. The third kappa shape index (κ3) is 1.42. The van der Waals surface area contributed by atoms with Crippen molar-refractivity contribution in [3.05, 3.63) is 0 Å². The number of nitrogens with zero attached hydrogens (tertiary/aromatic N) is 3. The van der Waals surface area contributed by atoms with Crippen molar-refractivity contribution >= 4 is 11.9 Å². The van der Waals surface area contributed by atoms with Gasteiger partial charge in [0.15, 0.2) is 0 Å². The molecule has 0 unspecified atom stereocenters. The van der Waals surface area contributed by atoms with Crippen molar-refractivity contribution in [1.82, 2.24) is 5.01 Å². The molecule has 0 aromatic heterocycles. The van der Waals surface area contributed by atoms with E-state index in [0.29, 0.717) is 0 Å². The summed E-state index contributed by atoms with van der Waals surface area (Å²) < 4.78 is 0. The summed E-state index contributed by atoms with van der Waals surface area (Å²) in [5.74, 6) is 0. The summed E-state index contributed by atoms with van der Waals surface area (Å²) in [7, 11) is 3.41. The van der Waals surface area contributed by atoms with E-state index in [1.165, 1.54) is 7.11 Å². The van der Waals surface area contributed by atoms with Gasteiger partial charge in [-0.25, -0.2) is 0 Å². The SMILES string of the molecule is CON=C1C=NN(C)C1. The standard InChI is InChI=1S/C5H9N3O/c1-8-4-5(3-6-8)7-9-2/h3H,4H2,1-2H3. The molecule has 0 N–H and O–H groups in total. The first-order valence-electron chi connectivity index (χ1n) is 2.68. The number of hydrazone groups is 1. The molecule has 0 bridgehead atoms. The lowest BCUT2D eigenvalue weighted by atomic mass is 10.4. The van der Waals surface area contributed by atoms with E-state index in [0.717, 1.165) is 12.3 Å². The number of hydrogen-bond donors (Lipinski definition) is 0. The second-order valence-corrected chi connectivity index (χ2v) is 1.83. The van der Waals surface area contributed by atoms with Crippen LogP contribution in [0.4, 0.5) is 0 Å². The Balaban J connectivity index is 2.50. The highest BCUT2D eigenvalue weighted by Gasteiger charge is 2.06. The molecule has 0 atom stereocenters. The minimum atomic E-state index is 0.744. The zero-order chi connectivity index (χ0) is 6.69. The smallest absolute Gasteiger partial charge is 0.121 e. The minimum absolute atomic E-state index is 0.744. The average molecular weight is 127 g/mol. The van der Waals surface area contributed by atoms with Gasteiger partial charge in [-0.05, 0) is 0 Å². The Hall–Kier alpha value is -1.06. The lowest BCUT2D eigenvalue weighted by Gasteiger charge is -2.01. The summed E-state index contributed by atoms with van der Waals surface area (Å²) in [6.07, 6.45) is 1.68. The number of rotatable bonds is 1. The van der Waals surface area contributed by atoms with E-state index in [4.69, 9.17) is 0 Å².